The Morgan fingerprint density at radius 2 is 2.10 bits per heavy atom. The molecule has 2 aromatic heterocycles. The van der Waals surface area contributed by atoms with Crippen molar-refractivity contribution < 1.29 is 9.53 Å². The Balaban J connectivity index is 1.60. The first-order valence-corrected chi connectivity index (χ1v) is 11.5. The van der Waals surface area contributed by atoms with Crippen LogP contribution in [0, 0.1) is 6.92 Å². The molecule has 0 saturated carbocycles. The summed E-state index contributed by atoms with van der Waals surface area (Å²) in [6.07, 6.45) is 0. The standard InChI is InChI=1S/C22H18ClN3O3S2/c1-13-4-3-5-15(10-13)26-21(28)20-17(8-9-30-20)25-22(26)31-12-19(27)24-14-6-7-18(29-2)16(23)11-14/h3-11H,12H2,1-2H3,(H,24,27). The molecule has 0 aliphatic heterocycles. The molecule has 0 fully saturated rings. The van der Waals surface area contributed by atoms with Gasteiger partial charge in [0.15, 0.2) is 5.16 Å². The number of nitrogens with zero attached hydrogens (tertiary/aromatic N) is 2. The lowest BCUT2D eigenvalue weighted by molar-refractivity contribution is -0.113. The number of thioether (sulfide) groups is 1. The lowest BCUT2D eigenvalue weighted by Crippen LogP contribution is -2.22. The van der Waals surface area contributed by atoms with E-state index in [2.05, 4.69) is 10.3 Å². The minimum Gasteiger partial charge on any atom is -0.495 e. The summed E-state index contributed by atoms with van der Waals surface area (Å²) in [5.41, 5.74) is 2.80. The summed E-state index contributed by atoms with van der Waals surface area (Å²) >= 11 is 8.69. The maximum Gasteiger partial charge on any atom is 0.276 e. The first-order chi connectivity index (χ1) is 15.0. The van der Waals surface area contributed by atoms with Crippen molar-refractivity contribution in [2.45, 2.75) is 12.1 Å². The van der Waals surface area contributed by atoms with Crippen LogP contribution in [0.5, 0.6) is 5.75 Å². The number of halogens is 1. The van der Waals surface area contributed by atoms with Crippen LogP contribution in [0.15, 0.2) is 63.9 Å². The highest BCUT2D eigenvalue weighted by molar-refractivity contribution is 7.99. The van der Waals surface area contributed by atoms with Crippen molar-refractivity contribution in [3.8, 4) is 11.4 Å². The average Bonchev–Trinajstić information content (AvgIpc) is 3.21. The lowest BCUT2D eigenvalue weighted by atomic mass is 10.2. The van der Waals surface area contributed by atoms with Crippen molar-refractivity contribution in [3.05, 3.63) is 74.9 Å². The summed E-state index contributed by atoms with van der Waals surface area (Å²) in [4.78, 5) is 30.3. The lowest BCUT2D eigenvalue weighted by Gasteiger charge is -2.13. The van der Waals surface area contributed by atoms with Gasteiger partial charge in [-0.1, -0.05) is 35.5 Å². The van der Waals surface area contributed by atoms with Crippen molar-refractivity contribution in [3.63, 3.8) is 0 Å². The van der Waals surface area contributed by atoms with Gasteiger partial charge in [-0.25, -0.2) is 4.98 Å². The highest BCUT2D eigenvalue weighted by atomic mass is 35.5. The second kappa shape index (κ2) is 9.13. The van der Waals surface area contributed by atoms with Crippen LogP contribution >= 0.6 is 34.7 Å². The first-order valence-electron chi connectivity index (χ1n) is 9.30. The largest absolute Gasteiger partial charge is 0.495 e. The van der Waals surface area contributed by atoms with Crippen molar-refractivity contribution >= 4 is 56.5 Å². The predicted octanol–water partition coefficient (Wildman–Crippen LogP) is 5.15. The fourth-order valence-electron chi connectivity index (χ4n) is 3.05. The number of amides is 1. The third-order valence-electron chi connectivity index (χ3n) is 4.48. The number of fused-ring (bicyclic) bond motifs is 1. The number of anilines is 1. The molecule has 0 aliphatic rings. The summed E-state index contributed by atoms with van der Waals surface area (Å²) < 4.78 is 7.27. The summed E-state index contributed by atoms with van der Waals surface area (Å²) in [5, 5.41) is 5.52. The van der Waals surface area contributed by atoms with Gasteiger partial charge in [-0.15, -0.1) is 11.3 Å². The molecule has 0 aliphatic carbocycles. The maximum absolute atomic E-state index is 13.1. The van der Waals surface area contributed by atoms with Gasteiger partial charge in [0.25, 0.3) is 5.56 Å². The second-order valence-corrected chi connectivity index (χ2v) is 8.96. The highest BCUT2D eigenvalue weighted by Gasteiger charge is 2.16. The van der Waals surface area contributed by atoms with E-state index in [0.717, 1.165) is 11.3 Å². The molecular weight excluding hydrogens is 454 g/mol. The van der Waals surface area contributed by atoms with Crippen molar-refractivity contribution in [1.82, 2.24) is 9.55 Å². The normalized spacial score (nSPS) is 10.9. The molecular formula is C22H18ClN3O3S2. The van der Waals surface area contributed by atoms with Gasteiger partial charge in [0, 0.05) is 5.69 Å². The van der Waals surface area contributed by atoms with Crippen LogP contribution in [-0.4, -0.2) is 28.3 Å². The highest BCUT2D eigenvalue weighted by Crippen LogP contribution is 2.28. The van der Waals surface area contributed by atoms with Gasteiger partial charge in [0.2, 0.25) is 5.91 Å². The Kier molecular flexibility index (Phi) is 6.31. The van der Waals surface area contributed by atoms with E-state index in [1.807, 2.05) is 42.6 Å². The number of thiophene rings is 1. The molecule has 4 aromatic rings. The van der Waals surface area contributed by atoms with Gasteiger partial charge in [-0.2, -0.15) is 0 Å². The summed E-state index contributed by atoms with van der Waals surface area (Å²) in [7, 11) is 1.53. The zero-order valence-corrected chi connectivity index (χ0v) is 19.1. The van der Waals surface area contributed by atoms with E-state index in [0.29, 0.717) is 31.8 Å². The third kappa shape index (κ3) is 4.61. The van der Waals surface area contributed by atoms with E-state index in [-0.39, 0.29) is 17.2 Å². The van der Waals surface area contributed by atoms with Crippen LogP contribution in [0.4, 0.5) is 5.69 Å². The number of ether oxygens (including phenoxy) is 1. The fraction of sp³-hybridized carbons (Fsp3) is 0.136. The number of nitrogens with one attached hydrogen (secondary N) is 1. The van der Waals surface area contributed by atoms with Crippen molar-refractivity contribution in [1.29, 1.82) is 0 Å². The Bertz CT molecular complexity index is 1330. The second-order valence-electron chi connectivity index (χ2n) is 6.70. The summed E-state index contributed by atoms with van der Waals surface area (Å²) in [6.45, 7) is 1.96. The number of hydrogen-bond acceptors (Lipinski definition) is 6. The van der Waals surface area contributed by atoms with Gasteiger partial charge in [-0.05, 0) is 54.3 Å². The van der Waals surface area contributed by atoms with Crippen LogP contribution in [-0.2, 0) is 4.79 Å². The number of benzene rings is 2. The molecule has 0 bridgehead atoms. The molecule has 0 atom stereocenters. The number of carbonyl (C=O) groups is 1. The third-order valence-corrected chi connectivity index (χ3v) is 6.60. The minimum absolute atomic E-state index is 0.0809. The average molecular weight is 472 g/mol. The summed E-state index contributed by atoms with van der Waals surface area (Å²) in [6, 6.07) is 14.5. The van der Waals surface area contributed by atoms with E-state index in [1.54, 1.807) is 22.8 Å². The number of carbonyl (C=O) groups excluding carboxylic acids is 1. The smallest absolute Gasteiger partial charge is 0.276 e. The van der Waals surface area contributed by atoms with Gasteiger partial charge < -0.3 is 10.1 Å². The molecule has 2 aromatic carbocycles. The number of aryl methyl sites for hydroxylation is 1. The number of hydrogen-bond donors (Lipinski definition) is 1. The van der Waals surface area contributed by atoms with Crippen LogP contribution in [0.1, 0.15) is 5.56 Å². The molecule has 4 rings (SSSR count). The van der Waals surface area contributed by atoms with Gasteiger partial charge in [0.1, 0.15) is 10.4 Å². The SMILES string of the molecule is COc1ccc(NC(=O)CSc2nc3ccsc3c(=O)n2-c2cccc(C)c2)cc1Cl. The maximum atomic E-state index is 13.1. The molecule has 2 heterocycles. The molecule has 1 amide bonds. The van der Waals surface area contributed by atoms with Gasteiger partial charge in [-0.3, -0.25) is 14.2 Å². The quantitative estimate of drug-likeness (QED) is 0.311. The van der Waals surface area contributed by atoms with Gasteiger partial charge >= 0.3 is 0 Å². The molecule has 0 unspecified atom stereocenters. The molecule has 6 nitrogen and oxygen atoms in total. The van der Waals surface area contributed by atoms with Crippen LogP contribution in [0.25, 0.3) is 15.9 Å². The minimum atomic E-state index is -0.235. The van der Waals surface area contributed by atoms with Crippen molar-refractivity contribution in [2.75, 3.05) is 18.2 Å². The molecule has 1 N–H and O–H groups in total. The number of rotatable bonds is 6. The molecule has 158 valence electrons. The van der Waals surface area contributed by atoms with E-state index in [1.165, 1.54) is 30.2 Å². The Morgan fingerprint density at radius 3 is 2.84 bits per heavy atom. The fourth-order valence-corrected chi connectivity index (χ4v) is 4.88. The van der Waals surface area contributed by atoms with Crippen LogP contribution in [0.3, 0.4) is 0 Å². The molecule has 31 heavy (non-hydrogen) atoms. The Labute approximate surface area is 191 Å². The first kappa shape index (κ1) is 21.4. The monoisotopic (exact) mass is 471 g/mol. The van der Waals surface area contributed by atoms with Crippen molar-refractivity contribution in [2.24, 2.45) is 0 Å². The van der Waals surface area contributed by atoms with Crippen LogP contribution in [0.2, 0.25) is 5.02 Å². The Morgan fingerprint density at radius 1 is 1.26 bits per heavy atom. The molecule has 0 radical (unpaired) electrons. The topological polar surface area (TPSA) is 73.2 Å². The van der Waals surface area contributed by atoms with E-state index < -0.39 is 0 Å². The number of aromatic nitrogens is 2. The number of methoxy groups -OCH3 is 1. The Hall–Kier alpha value is -2.81. The van der Waals surface area contributed by atoms with E-state index >= 15 is 0 Å². The van der Waals surface area contributed by atoms with Crippen LogP contribution < -0.4 is 15.6 Å². The molecule has 9 heteroatoms. The molecule has 0 spiro atoms. The predicted molar refractivity (Wildman–Crippen MR) is 127 cm³/mol. The van der Waals surface area contributed by atoms with E-state index in [9.17, 15) is 9.59 Å². The molecule has 0 saturated heterocycles. The summed E-state index contributed by atoms with van der Waals surface area (Å²) in [5.74, 6) is 0.378. The zero-order valence-electron chi connectivity index (χ0n) is 16.7. The zero-order chi connectivity index (χ0) is 22.0. The van der Waals surface area contributed by atoms with E-state index in [4.69, 9.17) is 16.3 Å². The van der Waals surface area contributed by atoms with Gasteiger partial charge in [0.05, 0.1) is 29.1 Å².